The number of hydrogen-bond acceptors (Lipinski definition) is 3. The first kappa shape index (κ1) is 14.5. The SMILES string of the molecule is CO[C@]1(c2ccccc2)C[C@H]1C(=O)NN=Cc1ccccc1. The van der Waals surface area contributed by atoms with Crippen LogP contribution >= 0.6 is 0 Å². The summed E-state index contributed by atoms with van der Waals surface area (Å²) in [5, 5.41) is 4.02. The molecule has 0 radical (unpaired) electrons. The summed E-state index contributed by atoms with van der Waals surface area (Å²) >= 11 is 0. The van der Waals surface area contributed by atoms with Crippen LogP contribution < -0.4 is 5.43 Å². The molecule has 22 heavy (non-hydrogen) atoms. The van der Waals surface area contributed by atoms with Gasteiger partial charge in [-0.3, -0.25) is 4.79 Å². The fourth-order valence-corrected chi connectivity index (χ4v) is 2.72. The number of carbonyl (C=O) groups excluding carboxylic acids is 1. The highest BCUT2D eigenvalue weighted by Gasteiger charge is 2.60. The van der Waals surface area contributed by atoms with Crippen LogP contribution in [0.3, 0.4) is 0 Å². The third-order valence-corrected chi connectivity index (χ3v) is 4.04. The van der Waals surface area contributed by atoms with Crippen molar-refractivity contribution < 1.29 is 9.53 Å². The number of nitrogens with zero attached hydrogens (tertiary/aromatic N) is 1. The molecule has 0 spiro atoms. The maximum atomic E-state index is 12.2. The Morgan fingerprint density at radius 3 is 2.45 bits per heavy atom. The van der Waals surface area contributed by atoms with Crippen molar-refractivity contribution in [3.63, 3.8) is 0 Å². The highest BCUT2D eigenvalue weighted by Crippen LogP contribution is 2.54. The molecule has 4 heteroatoms. The van der Waals surface area contributed by atoms with E-state index in [1.54, 1.807) is 13.3 Å². The van der Waals surface area contributed by atoms with E-state index >= 15 is 0 Å². The summed E-state index contributed by atoms with van der Waals surface area (Å²) in [4.78, 5) is 12.2. The molecular formula is C18H18N2O2. The number of methoxy groups -OCH3 is 1. The number of carbonyl (C=O) groups is 1. The van der Waals surface area contributed by atoms with E-state index in [4.69, 9.17) is 4.74 Å². The summed E-state index contributed by atoms with van der Waals surface area (Å²) in [6.07, 6.45) is 2.32. The predicted octanol–water partition coefficient (Wildman–Crippen LogP) is 2.70. The van der Waals surface area contributed by atoms with Gasteiger partial charge in [0.15, 0.2) is 0 Å². The van der Waals surface area contributed by atoms with Crippen molar-refractivity contribution in [1.82, 2.24) is 5.43 Å². The van der Waals surface area contributed by atoms with E-state index in [1.165, 1.54) is 0 Å². The Morgan fingerprint density at radius 2 is 1.82 bits per heavy atom. The van der Waals surface area contributed by atoms with Crippen LogP contribution in [-0.2, 0) is 15.1 Å². The Balaban J connectivity index is 1.64. The Labute approximate surface area is 129 Å². The van der Waals surface area contributed by atoms with E-state index < -0.39 is 5.60 Å². The van der Waals surface area contributed by atoms with Crippen LogP contribution in [0.5, 0.6) is 0 Å². The van der Waals surface area contributed by atoms with Gasteiger partial charge in [0.2, 0.25) is 5.91 Å². The van der Waals surface area contributed by atoms with Crippen LogP contribution in [0.1, 0.15) is 17.5 Å². The largest absolute Gasteiger partial charge is 0.373 e. The second kappa shape index (κ2) is 6.12. The molecule has 1 N–H and O–H groups in total. The van der Waals surface area contributed by atoms with Crippen LogP contribution in [0, 0.1) is 5.92 Å². The molecule has 0 aromatic heterocycles. The highest BCUT2D eigenvalue weighted by molar-refractivity contribution is 5.86. The van der Waals surface area contributed by atoms with Crippen LogP contribution in [0.25, 0.3) is 0 Å². The van der Waals surface area contributed by atoms with Crippen molar-refractivity contribution in [3.8, 4) is 0 Å². The number of benzene rings is 2. The Hall–Kier alpha value is -2.46. The molecule has 2 aromatic rings. The number of hydrogen-bond donors (Lipinski definition) is 1. The Kier molecular flexibility index (Phi) is 4.02. The topological polar surface area (TPSA) is 50.7 Å². The van der Waals surface area contributed by atoms with Gasteiger partial charge in [0.1, 0.15) is 5.60 Å². The number of ether oxygens (including phenoxy) is 1. The van der Waals surface area contributed by atoms with Gasteiger partial charge in [0.25, 0.3) is 0 Å². The van der Waals surface area contributed by atoms with Crippen molar-refractivity contribution in [2.45, 2.75) is 12.0 Å². The molecule has 0 saturated heterocycles. The molecule has 112 valence electrons. The van der Waals surface area contributed by atoms with E-state index in [0.717, 1.165) is 11.1 Å². The molecule has 1 aliphatic carbocycles. The molecule has 1 saturated carbocycles. The van der Waals surface area contributed by atoms with Crippen LogP contribution in [0.15, 0.2) is 65.8 Å². The van der Waals surface area contributed by atoms with Gasteiger partial charge >= 0.3 is 0 Å². The lowest BCUT2D eigenvalue weighted by atomic mass is 10.1. The highest BCUT2D eigenvalue weighted by atomic mass is 16.5. The average molecular weight is 294 g/mol. The number of amides is 1. The molecule has 4 nitrogen and oxygen atoms in total. The zero-order valence-electron chi connectivity index (χ0n) is 12.4. The lowest BCUT2D eigenvalue weighted by molar-refractivity contribution is -0.124. The quantitative estimate of drug-likeness (QED) is 0.681. The van der Waals surface area contributed by atoms with E-state index in [9.17, 15) is 4.79 Å². The zero-order chi connectivity index (χ0) is 15.4. The van der Waals surface area contributed by atoms with Gasteiger partial charge in [0.05, 0.1) is 12.1 Å². The second-order valence-corrected chi connectivity index (χ2v) is 5.36. The molecule has 1 amide bonds. The maximum Gasteiger partial charge on any atom is 0.246 e. The zero-order valence-corrected chi connectivity index (χ0v) is 12.4. The normalized spacial score (nSPS) is 23.4. The van der Waals surface area contributed by atoms with Crippen molar-refractivity contribution >= 4 is 12.1 Å². The third-order valence-electron chi connectivity index (χ3n) is 4.04. The molecule has 2 aromatic carbocycles. The van der Waals surface area contributed by atoms with Gasteiger partial charge < -0.3 is 4.74 Å². The summed E-state index contributed by atoms with van der Waals surface area (Å²) in [6.45, 7) is 0. The molecule has 1 fully saturated rings. The molecular weight excluding hydrogens is 276 g/mol. The molecule has 1 aliphatic rings. The van der Waals surface area contributed by atoms with Gasteiger partial charge in [-0.1, -0.05) is 60.7 Å². The molecule has 2 atom stereocenters. The second-order valence-electron chi connectivity index (χ2n) is 5.36. The molecule has 0 bridgehead atoms. The fraction of sp³-hybridized carbons (Fsp3) is 0.222. The average Bonchev–Trinajstić information content (AvgIpc) is 3.33. The monoisotopic (exact) mass is 294 g/mol. The smallest absolute Gasteiger partial charge is 0.246 e. The first-order valence-electron chi connectivity index (χ1n) is 7.25. The summed E-state index contributed by atoms with van der Waals surface area (Å²) in [7, 11) is 1.65. The molecule has 0 heterocycles. The number of rotatable bonds is 5. The first-order chi connectivity index (χ1) is 10.8. The van der Waals surface area contributed by atoms with Gasteiger partial charge in [0, 0.05) is 7.11 Å². The summed E-state index contributed by atoms with van der Waals surface area (Å²) in [6, 6.07) is 19.5. The number of nitrogens with one attached hydrogen (secondary N) is 1. The lowest BCUT2D eigenvalue weighted by Crippen LogP contribution is -2.25. The van der Waals surface area contributed by atoms with Crippen molar-refractivity contribution in [3.05, 3.63) is 71.8 Å². The summed E-state index contributed by atoms with van der Waals surface area (Å²) in [5.74, 6) is -0.314. The maximum absolute atomic E-state index is 12.2. The van der Waals surface area contributed by atoms with Crippen molar-refractivity contribution in [2.75, 3.05) is 7.11 Å². The van der Waals surface area contributed by atoms with E-state index in [1.807, 2.05) is 60.7 Å². The van der Waals surface area contributed by atoms with Gasteiger partial charge in [-0.15, -0.1) is 0 Å². The van der Waals surface area contributed by atoms with Crippen molar-refractivity contribution in [2.24, 2.45) is 11.0 Å². The molecule has 3 rings (SSSR count). The fourth-order valence-electron chi connectivity index (χ4n) is 2.72. The Bertz CT molecular complexity index is 670. The van der Waals surface area contributed by atoms with Crippen LogP contribution in [0.2, 0.25) is 0 Å². The minimum atomic E-state index is -0.506. The molecule has 0 aliphatic heterocycles. The minimum absolute atomic E-state index is 0.113. The van der Waals surface area contributed by atoms with E-state index in [-0.39, 0.29) is 11.8 Å². The van der Waals surface area contributed by atoms with Gasteiger partial charge in [-0.25, -0.2) is 5.43 Å². The van der Waals surface area contributed by atoms with Crippen LogP contribution in [-0.4, -0.2) is 19.2 Å². The summed E-state index contributed by atoms with van der Waals surface area (Å²) in [5.41, 5.74) is 4.07. The minimum Gasteiger partial charge on any atom is -0.373 e. The Morgan fingerprint density at radius 1 is 1.18 bits per heavy atom. The van der Waals surface area contributed by atoms with Gasteiger partial charge in [-0.2, -0.15) is 5.10 Å². The van der Waals surface area contributed by atoms with Gasteiger partial charge in [-0.05, 0) is 17.5 Å². The van der Waals surface area contributed by atoms with Crippen LogP contribution in [0.4, 0.5) is 0 Å². The molecule has 0 unspecified atom stereocenters. The van der Waals surface area contributed by atoms with E-state index in [0.29, 0.717) is 6.42 Å². The first-order valence-corrected chi connectivity index (χ1v) is 7.25. The number of hydrazone groups is 1. The van der Waals surface area contributed by atoms with E-state index in [2.05, 4.69) is 10.5 Å². The lowest BCUT2D eigenvalue weighted by Gasteiger charge is -2.15. The standard InChI is InChI=1S/C18H18N2O2/c1-22-18(15-10-6-3-7-11-15)12-16(18)17(21)20-19-13-14-8-4-2-5-9-14/h2-11,13,16H,12H2,1H3,(H,20,21)/t16-,18-/m0/s1. The predicted molar refractivity (Wildman–Crippen MR) is 85.4 cm³/mol. The van der Waals surface area contributed by atoms with Crippen molar-refractivity contribution in [1.29, 1.82) is 0 Å². The summed E-state index contributed by atoms with van der Waals surface area (Å²) < 4.78 is 5.62. The third kappa shape index (κ3) is 2.78.